The average molecular weight is 322 g/mol. The first-order valence-electron chi connectivity index (χ1n) is 7.67. The fraction of sp³-hybridized carbons (Fsp3) is 0.150. The molecule has 1 aromatic heterocycles. The van der Waals surface area contributed by atoms with Crippen LogP contribution < -0.4 is 0 Å². The number of allylic oxidation sites excluding steroid dienone is 2. The molecule has 0 saturated heterocycles. The lowest BCUT2D eigenvalue weighted by Gasteiger charge is -2.22. The van der Waals surface area contributed by atoms with Gasteiger partial charge in [-0.2, -0.15) is 0 Å². The predicted octanol–water partition coefficient (Wildman–Crippen LogP) is 5.57. The van der Waals surface area contributed by atoms with Crippen molar-refractivity contribution in [3.05, 3.63) is 76.9 Å². The topological polar surface area (TPSA) is 17.1 Å². The van der Waals surface area contributed by atoms with E-state index in [1.165, 1.54) is 22.2 Å². The molecule has 0 fully saturated rings. The molecule has 1 aliphatic carbocycles. The van der Waals surface area contributed by atoms with E-state index in [2.05, 4.69) is 18.2 Å². The number of carbonyl (C=O) groups excluding carboxylic acids is 1. The lowest BCUT2D eigenvalue weighted by atomic mass is 9.83. The summed E-state index contributed by atoms with van der Waals surface area (Å²) in [5.41, 5.74) is 2.13. The Kier molecular flexibility index (Phi) is 3.58. The summed E-state index contributed by atoms with van der Waals surface area (Å²) in [6, 6.07) is 16.9. The minimum Gasteiger partial charge on any atom is -0.295 e. The Hall–Kier alpha value is -2.26. The van der Waals surface area contributed by atoms with Gasteiger partial charge >= 0.3 is 0 Å². The number of halogens is 1. The third-order valence-electron chi connectivity index (χ3n) is 4.33. The Morgan fingerprint density at radius 1 is 1.00 bits per heavy atom. The van der Waals surface area contributed by atoms with Crippen molar-refractivity contribution in [1.82, 2.24) is 0 Å². The molecule has 4 rings (SSSR count). The second kappa shape index (κ2) is 5.74. The van der Waals surface area contributed by atoms with Crippen molar-refractivity contribution in [2.75, 3.05) is 0 Å². The molecule has 0 unspecified atom stereocenters. The Bertz CT molecular complexity index is 872. The van der Waals surface area contributed by atoms with Crippen molar-refractivity contribution in [2.45, 2.75) is 18.8 Å². The molecule has 0 amide bonds. The van der Waals surface area contributed by atoms with Crippen LogP contribution in [0.5, 0.6) is 0 Å². The van der Waals surface area contributed by atoms with Crippen LogP contribution in [0.25, 0.3) is 15.7 Å². The van der Waals surface area contributed by atoms with Crippen LogP contribution >= 0.6 is 11.3 Å². The molecule has 1 atom stereocenters. The van der Waals surface area contributed by atoms with E-state index in [1.54, 1.807) is 29.5 Å². The first-order chi connectivity index (χ1) is 11.2. The van der Waals surface area contributed by atoms with Crippen LogP contribution in [-0.2, 0) is 4.79 Å². The Balaban J connectivity index is 1.68. The highest BCUT2D eigenvalue weighted by Crippen LogP contribution is 2.39. The Morgan fingerprint density at radius 2 is 1.78 bits per heavy atom. The molecule has 0 saturated carbocycles. The lowest BCUT2D eigenvalue weighted by molar-refractivity contribution is -0.115. The smallest absolute Gasteiger partial charge is 0.156 e. The van der Waals surface area contributed by atoms with E-state index in [0.29, 0.717) is 6.42 Å². The molecule has 0 radical (unpaired) electrons. The van der Waals surface area contributed by atoms with Crippen LogP contribution in [-0.4, -0.2) is 5.78 Å². The van der Waals surface area contributed by atoms with Crippen LogP contribution in [0.1, 0.15) is 29.2 Å². The summed E-state index contributed by atoms with van der Waals surface area (Å²) in [4.78, 5) is 13.3. The summed E-state index contributed by atoms with van der Waals surface area (Å²) < 4.78 is 14.3. The highest BCUT2D eigenvalue weighted by molar-refractivity contribution is 7.20. The third-order valence-corrected chi connectivity index (χ3v) is 5.52. The van der Waals surface area contributed by atoms with E-state index >= 15 is 0 Å². The standard InChI is InChI=1S/C20H15FOS/c21-17-7-5-13(6-8-17)15-9-16(11-18(22)10-15)20-12-14-3-1-2-4-19(14)23-20/h1-8,11-12,15H,9-10H2/t15-/m1/s1. The quantitative estimate of drug-likeness (QED) is 0.603. The van der Waals surface area contributed by atoms with Gasteiger partial charge in [-0.05, 0) is 59.2 Å². The zero-order chi connectivity index (χ0) is 15.8. The number of ketones is 1. The van der Waals surface area contributed by atoms with Gasteiger partial charge < -0.3 is 0 Å². The van der Waals surface area contributed by atoms with E-state index in [4.69, 9.17) is 0 Å². The van der Waals surface area contributed by atoms with E-state index in [9.17, 15) is 9.18 Å². The van der Waals surface area contributed by atoms with Crippen molar-refractivity contribution >= 4 is 32.8 Å². The van der Waals surface area contributed by atoms with Gasteiger partial charge in [-0.25, -0.2) is 4.39 Å². The maximum atomic E-state index is 13.1. The molecule has 0 bridgehead atoms. The molecule has 1 aliphatic rings. The number of hydrogen-bond acceptors (Lipinski definition) is 2. The van der Waals surface area contributed by atoms with Gasteiger partial charge in [0.05, 0.1) is 0 Å². The molecule has 0 aliphatic heterocycles. The minimum absolute atomic E-state index is 0.133. The number of thiophene rings is 1. The summed E-state index contributed by atoms with van der Waals surface area (Å²) in [5, 5.41) is 1.21. The molecule has 0 spiro atoms. The molecule has 1 heterocycles. The van der Waals surface area contributed by atoms with Crippen LogP contribution in [0, 0.1) is 5.82 Å². The van der Waals surface area contributed by atoms with Crippen molar-refractivity contribution in [3.8, 4) is 0 Å². The van der Waals surface area contributed by atoms with Crippen molar-refractivity contribution in [2.24, 2.45) is 0 Å². The molecule has 3 heteroatoms. The average Bonchev–Trinajstić information content (AvgIpc) is 2.99. The molecule has 0 N–H and O–H groups in total. The molecule has 1 nitrogen and oxygen atoms in total. The van der Waals surface area contributed by atoms with E-state index < -0.39 is 0 Å². The molecule has 23 heavy (non-hydrogen) atoms. The highest BCUT2D eigenvalue weighted by atomic mass is 32.1. The van der Waals surface area contributed by atoms with Crippen molar-refractivity contribution < 1.29 is 9.18 Å². The van der Waals surface area contributed by atoms with Gasteiger partial charge in [-0.15, -0.1) is 11.3 Å². The zero-order valence-electron chi connectivity index (χ0n) is 12.5. The fourth-order valence-electron chi connectivity index (χ4n) is 3.18. The summed E-state index contributed by atoms with van der Waals surface area (Å²) in [5.74, 6) is 0.0440. The van der Waals surface area contributed by atoms with E-state index in [1.807, 2.05) is 12.1 Å². The maximum Gasteiger partial charge on any atom is 0.156 e. The van der Waals surface area contributed by atoms with Crippen molar-refractivity contribution in [3.63, 3.8) is 0 Å². The molecule has 2 aromatic carbocycles. The van der Waals surface area contributed by atoms with Gasteiger partial charge in [-0.1, -0.05) is 30.3 Å². The lowest BCUT2D eigenvalue weighted by Crippen LogP contribution is -2.12. The molecular formula is C20H15FOS. The second-order valence-corrected chi connectivity index (χ2v) is 7.02. The normalized spacial score (nSPS) is 18.2. The number of carbonyl (C=O) groups is 1. The van der Waals surface area contributed by atoms with Crippen LogP contribution in [0.2, 0.25) is 0 Å². The monoisotopic (exact) mass is 322 g/mol. The number of hydrogen-bond donors (Lipinski definition) is 0. The molecule has 3 aromatic rings. The SMILES string of the molecule is O=C1C=C(c2cc3ccccc3s2)C[C@@H](c2ccc(F)cc2)C1. The summed E-state index contributed by atoms with van der Waals surface area (Å²) in [6.45, 7) is 0. The van der Waals surface area contributed by atoms with Gasteiger partial charge in [0.2, 0.25) is 0 Å². The van der Waals surface area contributed by atoms with Crippen LogP contribution in [0.3, 0.4) is 0 Å². The maximum absolute atomic E-state index is 13.1. The number of fused-ring (bicyclic) bond motifs is 1. The largest absolute Gasteiger partial charge is 0.295 e. The minimum atomic E-state index is -0.240. The summed E-state index contributed by atoms with van der Waals surface area (Å²) in [6.07, 6.45) is 3.11. The van der Waals surface area contributed by atoms with Gasteiger partial charge in [0.15, 0.2) is 5.78 Å². The summed E-state index contributed by atoms with van der Waals surface area (Å²) >= 11 is 1.73. The van der Waals surface area contributed by atoms with Gasteiger partial charge in [-0.3, -0.25) is 4.79 Å². The van der Waals surface area contributed by atoms with Gasteiger partial charge in [0.1, 0.15) is 5.82 Å². The second-order valence-electron chi connectivity index (χ2n) is 5.94. The number of benzene rings is 2. The molecule has 114 valence electrons. The third kappa shape index (κ3) is 2.84. The number of rotatable bonds is 2. The first kappa shape index (κ1) is 14.3. The predicted molar refractivity (Wildman–Crippen MR) is 93.2 cm³/mol. The molecular weight excluding hydrogens is 307 g/mol. The van der Waals surface area contributed by atoms with Gasteiger partial charge in [0.25, 0.3) is 0 Å². The Morgan fingerprint density at radius 3 is 2.57 bits per heavy atom. The van der Waals surface area contributed by atoms with Crippen LogP contribution in [0.4, 0.5) is 4.39 Å². The fourth-order valence-corrected chi connectivity index (χ4v) is 4.26. The first-order valence-corrected chi connectivity index (χ1v) is 8.48. The van der Waals surface area contributed by atoms with Crippen molar-refractivity contribution in [1.29, 1.82) is 0 Å². The van der Waals surface area contributed by atoms with E-state index in [0.717, 1.165) is 22.4 Å². The highest BCUT2D eigenvalue weighted by Gasteiger charge is 2.23. The summed E-state index contributed by atoms with van der Waals surface area (Å²) in [7, 11) is 0. The van der Waals surface area contributed by atoms with Crippen LogP contribution in [0.15, 0.2) is 60.7 Å². The Labute approximate surface area is 138 Å². The zero-order valence-corrected chi connectivity index (χ0v) is 13.3. The van der Waals surface area contributed by atoms with Gasteiger partial charge in [0, 0.05) is 16.0 Å². The van der Waals surface area contributed by atoms with E-state index in [-0.39, 0.29) is 17.5 Å².